The van der Waals surface area contributed by atoms with Gasteiger partial charge in [-0.3, -0.25) is 4.79 Å². The van der Waals surface area contributed by atoms with E-state index < -0.39 is 23.7 Å². The predicted octanol–water partition coefficient (Wildman–Crippen LogP) is 3.25. The summed E-state index contributed by atoms with van der Waals surface area (Å²) in [7, 11) is 0. The number of rotatable bonds is 6. The zero-order valence-corrected chi connectivity index (χ0v) is 19.9. The van der Waals surface area contributed by atoms with E-state index >= 15 is 0 Å². The molecule has 0 saturated carbocycles. The molecule has 2 aliphatic heterocycles. The third-order valence-corrected chi connectivity index (χ3v) is 7.58. The molecule has 8 heteroatoms. The highest BCUT2D eigenvalue weighted by Crippen LogP contribution is 2.44. The SMILES string of the molecule is CC(C)[C@H](NC(=O)OCC1c2ccccc2-c2ccccc21)C(=O)N1CC2CCOC2(C(=O)O)C1. The van der Waals surface area contributed by atoms with Crippen molar-refractivity contribution in [3.8, 4) is 11.1 Å². The van der Waals surface area contributed by atoms with Crippen molar-refractivity contribution in [2.45, 2.75) is 37.8 Å². The molecule has 3 aliphatic rings. The second kappa shape index (κ2) is 9.00. The van der Waals surface area contributed by atoms with Gasteiger partial charge in [0.15, 0.2) is 5.60 Å². The Balaban J connectivity index is 1.25. The van der Waals surface area contributed by atoms with E-state index in [1.165, 1.54) is 4.90 Å². The highest BCUT2D eigenvalue weighted by molar-refractivity contribution is 5.88. The first-order valence-electron chi connectivity index (χ1n) is 12.1. The molecule has 2 fully saturated rings. The molecule has 2 amide bonds. The second-order valence-electron chi connectivity index (χ2n) is 9.94. The van der Waals surface area contributed by atoms with Gasteiger partial charge in [-0.15, -0.1) is 0 Å². The lowest BCUT2D eigenvalue weighted by Gasteiger charge is -2.28. The number of carbonyl (C=O) groups excluding carboxylic acids is 2. The fourth-order valence-corrected chi connectivity index (χ4v) is 5.71. The number of benzene rings is 2. The molecule has 2 unspecified atom stereocenters. The highest BCUT2D eigenvalue weighted by Gasteiger charge is 2.58. The van der Waals surface area contributed by atoms with Gasteiger partial charge in [0.2, 0.25) is 5.91 Å². The Hall–Kier alpha value is -3.39. The maximum atomic E-state index is 13.3. The van der Waals surface area contributed by atoms with Gasteiger partial charge in [0, 0.05) is 25.0 Å². The summed E-state index contributed by atoms with van der Waals surface area (Å²) >= 11 is 0. The van der Waals surface area contributed by atoms with Crippen LogP contribution in [0.3, 0.4) is 0 Å². The highest BCUT2D eigenvalue weighted by atomic mass is 16.5. The first-order valence-corrected chi connectivity index (χ1v) is 12.1. The van der Waals surface area contributed by atoms with Crippen LogP contribution in [-0.4, -0.2) is 65.9 Å². The van der Waals surface area contributed by atoms with Crippen molar-refractivity contribution in [1.82, 2.24) is 10.2 Å². The average Bonchev–Trinajstić information content (AvgIpc) is 3.50. The zero-order valence-electron chi connectivity index (χ0n) is 19.9. The molecule has 1 aliphatic carbocycles. The Morgan fingerprint density at radius 3 is 2.31 bits per heavy atom. The number of carbonyl (C=O) groups is 3. The first-order chi connectivity index (χ1) is 16.8. The fraction of sp³-hybridized carbons (Fsp3) is 0.444. The molecule has 2 saturated heterocycles. The monoisotopic (exact) mass is 478 g/mol. The van der Waals surface area contributed by atoms with Crippen molar-refractivity contribution in [3.63, 3.8) is 0 Å². The first kappa shape index (κ1) is 23.4. The molecule has 0 aromatic heterocycles. The number of nitrogens with one attached hydrogen (secondary N) is 1. The van der Waals surface area contributed by atoms with Gasteiger partial charge in [0.05, 0.1) is 6.54 Å². The maximum absolute atomic E-state index is 13.3. The lowest BCUT2D eigenvalue weighted by molar-refractivity contribution is -0.161. The smallest absolute Gasteiger partial charge is 0.407 e. The van der Waals surface area contributed by atoms with Crippen molar-refractivity contribution in [2.75, 3.05) is 26.3 Å². The summed E-state index contributed by atoms with van der Waals surface area (Å²) < 4.78 is 11.2. The molecule has 2 aromatic carbocycles. The van der Waals surface area contributed by atoms with E-state index in [2.05, 4.69) is 17.4 Å². The number of fused-ring (bicyclic) bond motifs is 4. The lowest BCUT2D eigenvalue weighted by Crippen LogP contribution is -2.52. The molecule has 3 atom stereocenters. The van der Waals surface area contributed by atoms with Crippen molar-refractivity contribution in [2.24, 2.45) is 11.8 Å². The van der Waals surface area contributed by atoms with E-state index in [9.17, 15) is 19.5 Å². The van der Waals surface area contributed by atoms with Crippen molar-refractivity contribution < 1.29 is 29.0 Å². The Kier molecular flexibility index (Phi) is 6.01. The third-order valence-electron chi connectivity index (χ3n) is 7.58. The topological polar surface area (TPSA) is 105 Å². The molecule has 2 aromatic rings. The summed E-state index contributed by atoms with van der Waals surface area (Å²) in [5.74, 6) is -1.88. The minimum absolute atomic E-state index is 0.0125. The summed E-state index contributed by atoms with van der Waals surface area (Å²) in [6, 6.07) is 15.4. The lowest BCUT2D eigenvalue weighted by atomic mass is 9.91. The number of hydrogen-bond acceptors (Lipinski definition) is 5. The number of ether oxygens (including phenoxy) is 2. The molecule has 0 spiro atoms. The maximum Gasteiger partial charge on any atom is 0.407 e. The van der Waals surface area contributed by atoms with Crippen LogP contribution in [0, 0.1) is 11.8 Å². The summed E-state index contributed by atoms with van der Waals surface area (Å²) in [5, 5.41) is 12.5. The van der Waals surface area contributed by atoms with Gasteiger partial charge < -0.3 is 24.8 Å². The van der Waals surface area contributed by atoms with Crippen LogP contribution >= 0.6 is 0 Å². The summed E-state index contributed by atoms with van der Waals surface area (Å²) in [6.45, 7) is 4.51. The summed E-state index contributed by atoms with van der Waals surface area (Å²) in [6.07, 6.45) is -0.0649. The summed E-state index contributed by atoms with van der Waals surface area (Å²) in [5.41, 5.74) is 3.16. The normalized spacial score (nSPS) is 23.5. The second-order valence-corrected chi connectivity index (χ2v) is 9.94. The molecule has 0 bridgehead atoms. The number of carboxylic acid groups (broad SMARTS) is 1. The van der Waals surface area contributed by atoms with Gasteiger partial charge in [0.1, 0.15) is 12.6 Å². The minimum atomic E-state index is -1.35. The van der Waals surface area contributed by atoms with E-state index in [4.69, 9.17) is 9.47 Å². The quantitative estimate of drug-likeness (QED) is 0.660. The van der Waals surface area contributed by atoms with Crippen LogP contribution in [0.4, 0.5) is 4.79 Å². The number of alkyl carbamates (subject to hydrolysis) is 1. The van der Waals surface area contributed by atoms with Crippen LogP contribution in [0.5, 0.6) is 0 Å². The molecule has 2 N–H and O–H groups in total. The van der Waals surface area contributed by atoms with Crippen molar-refractivity contribution in [1.29, 1.82) is 0 Å². The van der Waals surface area contributed by atoms with Gasteiger partial charge in [-0.05, 0) is 34.6 Å². The predicted molar refractivity (Wildman–Crippen MR) is 128 cm³/mol. The Labute approximate surface area is 204 Å². The largest absolute Gasteiger partial charge is 0.479 e. The van der Waals surface area contributed by atoms with Gasteiger partial charge in [-0.25, -0.2) is 9.59 Å². The molecule has 8 nitrogen and oxygen atoms in total. The zero-order chi connectivity index (χ0) is 24.7. The van der Waals surface area contributed by atoms with E-state index in [0.717, 1.165) is 22.3 Å². The number of carboxylic acids is 1. The van der Waals surface area contributed by atoms with Crippen LogP contribution in [0.25, 0.3) is 11.1 Å². The average molecular weight is 479 g/mol. The van der Waals surface area contributed by atoms with Crippen molar-refractivity contribution >= 4 is 18.0 Å². The Morgan fingerprint density at radius 1 is 1.11 bits per heavy atom. The minimum Gasteiger partial charge on any atom is -0.479 e. The number of likely N-dealkylation sites (tertiary alicyclic amines) is 1. The standard InChI is InChI=1S/C27H30N2O6/c1-16(2)23(24(30)29-13-17-11-12-35-27(17,15-29)25(31)32)28-26(33)34-14-22-20-9-5-3-7-18(20)19-8-4-6-10-21(19)22/h3-10,16-17,22-23H,11-15H2,1-2H3,(H,28,33)(H,31,32)/t17?,23-,27?/m0/s1. The van der Waals surface area contributed by atoms with Gasteiger partial charge in [-0.2, -0.15) is 0 Å². The number of hydrogen-bond donors (Lipinski definition) is 2. The van der Waals surface area contributed by atoms with Crippen LogP contribution < -0.4 is 5.32 Å². The molecule has 184 valence electrons. The van der Waals surface area contributed by atoms with Crippen LogP contribution in [0.1, 0.15) is 37.3 Å². The Bertz CT molecular complexity index is 1120. The van der Waals surface area contributed by atoms with Gasteiger partial charge >= 0.3 is 12.1 Å². The fourth-order valence-electron chi connectivity index (χ4n) is 5.71. The number of amides is 2. The third kappa shape index (κ3) is 3.95. The molecule has 0 radical (unpaired) electrons. The van der Waals surface area contributed by atoms with Crippen LogP contribution in [0.15, 0.2) is 48.5 Å². The molecule has 5 rings (SSSR count). The number of nitrogens with zero attached hydrogens (tertiary/aromatic N) is 1. The van der Waals surface area contributed by atoms with Crippen molar-refractivity contribution in [3.05, 3.63) is 59.7 Å². The van der Waals surface area contributed by atoms with E-state index in [0.29, 0.717) is 19.6 Å². The Morgan fingerprint density at radius 2 is 1.74 bits per heavy atom. The van der Waals surface area contributed by atoms with E-state index in [-0.39, 0.29) is 36.8 Å². The molecule has 2 heterocycles. The molecule has 35 heavy (non-hydrogen) atoms. The number of aliphatic carboxylic acids is 1. The summed E-state index contributed by atoms with van der Waals surface area (Å²) in [4.78, 5) is 39.5. The van der Waals surface area contributed by atoms with E-state index in [1.807, 2.05) is 50.2 Å². The van der Waals surface area contributed by atoms with Gasteiger partial charge in [-0.1, -0.05) is 62.4 Å². The van der Waals surface area contributed by atoms with Gasteiger partial charge in [0.25, 0.3) is 0 Å². The molecular weight excluding hydrogens is 448 g/mol. The van der Waals surface area contributed by atoms with Crippen LogP contribution in [0.2, 0.25) is 0 Å². The van der Waals surface area contributed by atoms with Crippen LogP contribution in [-0.2, 0) is 19.1 Å². The van der Waals surface area contributed by atoms with E-state index in [1.54, 1.807) is 0 Å². The molecular formula is C27H30N2O6.